The number of carbonyl (C=O) groups excluding carboxylic acids is 1. The fraction of sp³-hybridized carbons (Fsp3) is 0.263. The van der Waals surface area contributed by atoms with E-state index in [-0.39, 0.29) is 5.91 Å². The van der Waals surface area contributed by atoms with E-state index in [2.05, 4.69) is 10.3 Å². The summed E-state index contributed by atoms with van der Waals surface area (Å²) in [5.74, 6) is 1.76. The molecule has 0 aliphatic carbocycles. The Bertz CT molecular complexity index is 909. The summed E-state index contributed by atoms with van der Waals surface area (Å²) < 4.78 is 21.2. The van der Waals surface area contributed by atoms with Crippen molar-refractivity contribution in [2.45, 2.75) is 13.5 Å². The van der Waals surface area contributed by atoms with Crippen LogP contribution in [0, 0.1) is 6.92 Å². The number of amides is 1. The van der Waals surface area contributed by atoms with Gasteiger partial charge in [0, 0.05) is 10.4 Å². The average Bonchev–Trinajstić information content (AvgIpc) is 3.34. The highest BCUT2D eigenvalue weighted by Gasteiger charge is 2.18. The Kier molecular flexibility index (Phi) is 5.66. The molecule has 7 nitrogen and oxygen atoms in total. The molecule has 3 rings (SSSR count). The second kappa shape index (κ2) is 8.13. The number of aryl methyl sites for hydroxylation is 1. The predicted molar refractivity (Wildman–Crippen MR) is 102 cm³/mol. The topological polar surface area (TPSA) is 82.8 Å². The summed E-state index contributed by atoms with van der Waals surface area (Å²) in [4.78, 5) is 18.1. The van der Waals surface area contributed by atoms with E-state index < -0.39 is 0 Å². The molecule has 1 amide bonds. The molecule has 0 bridgehead atoms. The maximum Gasteiger partial charge on any atom is 0.251 e. The van der Waals surface area contributed by atoms with Gasteiger partial charge in [-0.15, -0.1) is 11.3 Å². The van der Waals surface area contributed by atoms with Crippen molar-refractivity contribution in [1.29, 1.82) is 0 Å². The molecule has 8 heteroatoms. The normalized spacial score (nSPS) is 10.5. The van der Waals surface area contributed by atoms with Crippen LogP contribution in [0.5, 0.6) is 17.2 Å². The summed E-state index contributed by atoms with van der Waals surface area (Å²) in [6.45, 7) is 2.27. The molecule has 2 aromatic heterocycles. The largest absolute Gasteiger partial charge is 0.493 e. The minimum atomic E-state index is -0.249. The van der Waals surface area contributed by atoms with Crippen LogP contribution in [0.4, 0.5) is 0 Å². The van der Waals surface area contributed by atoms with Gasteiger partial charge in [0.2, 0.25) is 5.75 Å². The zero-order chi connectivity index (χ0) is 19.4. The van der Waals surface area contributed by atoms with E-state index in [9.17, 15) is 4.79 Å². The number of benzene rings is 1. The van der Waals surface area contributed by atoms with Gasteiger partial charge in [-0.25, -0.2) is 4.98 Å². The number of hydrogen-bond acceptors (Lipinski definition) is 7. The number of nitrogens with zero attached hydrogens (tertiary/aromatic N) is 1. The zero-order valence-corrected chi connectivity index (χ0v) is 16.3. The van der Waals surface area contributed by atoms with Gasteiger partial charge in [-0.2, -0.15) is 0 Å². The zero-order valence-electron chi connectivity index (χ0n) is 15.5. The first-order chi connectivity index (χ1) is 13.1. The summed E-state index contributed by atoms with van der Waals surface area (Å²) >= 11 is 1.49. The standard InChI is InChI=1S/C19H20N2O5S/c1-11-16(27-19(21-11)13-6-5-7-26-13)10-20-18(22)12-8-14(23-2)17(25-4)15(9-12)24-3/h5-9H,10H2,1-4H3,(H,20,22). The van der Waals surface area contributed by atoms with Crippen LogP contribution in [0.1, 0.15) is 20.9 Å². The molecule has 0 radical (unpaired) electrons. The highest BCUT2D eigenvalue weighted by atomic mass is 32.1. The van der Waals surface area contributed by atoms with Gasteiger partial charge in [0.1, 0.15) is 0 Å². The molecule has 0 unspecified atom stereocenters. The van der Waals surface area contributed by atoms with Crippen molar-refractivity contribution >= 4 is 17.2 Å². The van der Waals surface area contributed by atoms with Gasteiger partial charge < -0.3 is 23.9 Å². The number of nitrogens with one attached hydrogen (secondary N) is 1. The quantitative estimate of drug-likeness (QED) is 0.665. The second-order valence-corrected chi connectivity index (χ2v) is 6.69. The van der Waals surface area contributed by atoms with Crippen molar-refractivity contribution in [2.75, 3.05) is 21.3 Å². The minimum Gasteiger partial charge on any atom is -0.493 e. The fourth-order valence-corrected chi connectivity index (χ4v) is 3.54. The molecule has 0 aliphatic heterocycles. The van der Waals surface area contributed by atoms with E-state index in [0.29, 0.717) is 35.1 Å². The first-order valence-electron chi connectivity index (χ1n) is 8.15. The third-order valence-corrected chi connectivity index (χ3v) is 5.13. The van der Waals surface area contributed by atoms with Crippen LogP contribution in [0.25, 0.3) is 10.8 Å². The van der Waals surface area contributed by atoms with Gasteiger partial charge in [-0.3, -0.25) is 4.79 Å². The number of hydrogen-bond donors (Lipinski definition) is 1. The maximum absolute atomic E-state index is 12.6. The van der Waals surface area contributed by atoms with Crippen molar-refractivity contribution in [3.63, 3.8) is 0 Å². The van der Waals surface area contributed by atoms with Gasteiger partial charge in [0.05, 0.1) is 39.8 Å². The molecule has 142 valence electrons. The molecule has 3 aromatic rings. The molecule has 0 fully saturated rings. The molecule has 1 aromatic carbocycles. The van der Waals surface area contributed by atoms with E-state index in [1.54, 1.807) is 18.4 Å². The number of thiazole rings is 1. The monoisotopic (exact) mass is 388 g/mol. The van der Waals surface area contributed by atoms with Crippen LogP contribution in [0.3, 0.4) is 0 Å². The van der Waals surface area contributed by atoms with Crippen LogP contribution in [0.2, 0.25) is 0 Å². The lowest BCUT2D eigenvalue weighted by atomic mass is 10.1. The van der Waals surface area contributed by atoms with E-state index in [0.717, 1.165) is 15.6 Å². The third kappa shape index (κ3) is 3.90. The van der Waals surface area contributed by atoms with Crippen molar-refractivity contribution in [3.05, 3.63) is 46.7 Å². The Morgan fingerprint density at radius 3 is 2.44 bits per heavy atom. The Labute approximate surface area is 160 Å². The third-order valence-electron chi connectivity index (χ3n) is 3.96. The summed E-state index contributed by atoms with van der Waals surface area (Å²) in [6, 6.07) is 6.91. The highest BCUT2D eigenvalue weighted by molar-refractivity contribution is 7.15. The first-order valence-corrected chi connectivity index (χ1v) is 8.97. The molecule has 1 N–H and O–H groups in total. The van der Waals surface area contributed by atoms with Gasteiger partial charge in [0.15, 0.2) is 22.3 Å². The average molecular weight is 388 g/mol. The molecule has 0 atom stereocenters. The van der Waals surface area contributed by atoms with Crippen molar-refractivity contribution in [2.24, 2.45) is 0 Å². The lowest BCUT2D eigenvalue weighted by molar-refractivity contribution is 0.0950. The van der Waals surface area contributed by atoms with Crippen molar-refractivity contribution < 1.29 is 23.4 Å². The lowest BCUT2D eigenvalue weighted by Gasteiger charge is -2.14. The Morgan fingerprint density at radius 1 is 1.19 bits per heavy atom. The van der Waals surface area contributed by atoms with Crippen LogP contribution in [0.15, 0.2) is 34.9 Å². The van der Waals surface area contributed by atoms with Crippen LogP contribution in [-0.4, -0.2) is 32.2 Å². The number of carbonyl (C=O) groups is 1. The second-order valence-electron chi connectivity index (χ2n) is 5.60. The molecular formula is C19H20N2O5S. The smallest absolute Gasteiger partial charge is 0.251 e. The Balaban J connectivity index is 1.76. The molecule has 0 aliphatic rings. The Hall–Kier alpha value is -3.00. The van der Waals surface area contributed by atoms with Gasteiger partial charge >= 0.3 is 0 Å². The van der Waals surface area contributed by atoms with Crippen molar-refractivity contribution in [3.8, 4) is 28.0 Å². The number of rotatable bonds is 7. The summed E-state index contributed by atoms with van der Waals surface area (Å²) in [6.07, 6.45) is 1.61. The van der Waals surface area contributed by atoms with Gasteiger partial charge in [-0.1, -0.05) is 0 Å². The van der Waals surface area contributed by atoms with E-state index in [1.807, 2.05) is 19.1 Å². The molecule has 0 spiro atoms. The molecule has 2 heterocycles. The maximum atomic E-state index is 12.6. The number of methoxy groups -OCH3 is 3. The summed E-state index contributed by atoms with van der Waals surface area (Å²) in [5.41, 5.74) is 1.27. The van der Waals surface area contributed by atoms with Crippen LogP contribution >= 0.6 is 11.3 Å². The van der Waals surface area contributed by atoms with Crippen LogP contribution in [-0.2, 0) is 6.54 Å². The van der Waals surface area contributed by atoms with E-state index in [4.69, 9.17) is 18.6 Å². The molecule has 27 heavy (non-hydrogen) atoms. The van der Waals surface area contributed by atoms with Crippen molar-refractivity contribution in [1.82, 2.24) is 10.3 Å². The SMILES string of the molecule is COc1cc(C(=O)NCc2sc(-c3ccco3)nc2C)cc(OC)c1OC. The first kappa shape index (κ1) is 18.8. The lowest BCUT2D eigenvalue weighted by Crippen LogP contribution is -2.22. The molecule has 0 saturated carbocycles. The van der Waals surface area contributed by atoms with Crippen LogP contribution < -0.4 is 19.5 Å². The van der Waals surface area contributed by atoms with E-state index in [1.165, 1.54) is 32.7 Å². The Morgan fingerprint density at radius 2 is 1.89 bits per heavy atom. The summed E-state index contributed by atoms with van der Waals surface area (Å²) in [7, 11) is 4.54. The van der Waals surface area contributed by atoms with Gasteiger partial charge in [0.25, 0.3) is 5.91 Å². The van der Waals surface area contributed by atoms with E-state index >= 15 is 0 Å². The fourth-order valence-electron chi connectivity index (χ4n) is 2.57. The number of ether oxygens (including phenoxy) is 3. The predicted octanol–water partition coefficient (Wildman–Crippen LogP) is 3.67. The van der Waals surface area contributed by atoms with Gasteiger partial charge in [-0.05, 0) is 31.2 Å². The minimum absolute atomic E-state index is 0.249. The number of aromatic nitrogens is 1. The summed E-state index contributed by atoms with van der Waals surface area (Å²) in [5, 5.41) is 3.69. The molecular weight excluding hydrogens is 368 g/mol. The molecule has 0 saturated heterocycles. The highest BCUT2D eigenvalue weighted by Crippen LogP contribution is 2.38. The number of furan rings is 1.